The summed E-state index contributed by atoms with van der Waals surface area (Å²) in [5.74, 6) is 1.69. The molecule has 2 aliphatic rings. The van der Waals surface area contributed by atoms with Crippen molar-refractivity contribution in [3.05, 3.63) is 0 Å². The van der Waals surface area contributed by atoms with Crippen molar-refractivity contribution in [2.24, 2.45) is 22.7 Å². The van der Waals surface area contributed by atoms with Gasteiger partial charge in [-0.05, 0) is 55.6 Å². The topological polar surface area (TPSA) is 24.1 Å². The normalized spacial score (nSPS) is 36.6. The molecule has 1 saturated carbocycles. The minimum absolute atomic E-state index is 0.527. The Morgan fingerprint density at radius 2 is 1.75 bits per heavy atom. The molecule has 1 aliphatic carbocycles. The first-order valence-electron chi connectivity index (χ1n) is 6.81. The Balaban J connectivity index is 1.70. The minimum Gasteiger partial charge on any atom is -0.316 e. The molecule has 1 heterocycles. The van der Waals surface area contributed by atoms with Gasteiger partial charge in [0.05, 0.1) is 0 Å². The van der Waals surface area contributed by atoms with E-state index in [9.17, 15) is 0 Å². The third-order valence-electron chi connectivity index (χ3n) is 5.76. The largest absolute Gasteiger partial charge is 0.316 e. The molecule has 0 radical (unpaired) electrons. The van der Waals surface area contributed by atoms with Gasteiger partial charge >= 0.3 is 0 Å². The van der Waals surface area contributed by atoms with E-state index in [0.717, 1.165) is 11.8 Å². The maximum atomic E-state index is 3.69. The lowest BCUT2D eigenvalue weighted by Crippen LogP contribution is -2.32. The van der Waals surface area contributed by atoms with Crippen LogP contribution in [0.2, 0.25) is 0 Å². The van der Waals surface area contributed by atoms with Crippen molar-refractivity contribution in [1.29, 1.82) is 0 Å². The molecule has 0 spiro atoms. The molecule has 0 aromatic heterocycles. The van der Waals surface area contributed by atoms with Crippen LogP contribution in [0.1, 0.15) is 41.0 Å². The van der Waals surface area contributed by atoms with Gasteiger partial charge in [0.1, 0.15) is 0 Å². The number of rotatable bonds is 4. The predicted molar refractivity (Wildman–Crippen MR) is 69.5 cm³/mol. The van der Waals surface area contributed by atoms with Gasteiger partial charge in [-0.1, -0.05) is 27.7 Å². The highest BCUT2D eigenvalue weighted by atomic mass is 15.0. The Bertz CT molecular complexity index is 243. The van der Waals surface area contributed by atoms with E-state index < -0.39 is 0 Å². The molecule has 94 valence electrons. The van der Waals surface area contributed by atoms with Crippen LogP contribution in [0.25, 0.3) is 0 Å². The Hall–Kier alpha value is -0.0800. The van der Waals surface area contributed by atoms with Gasteiger partial charge in [-0.3, -0.25) is 0 Å². The average Bonchev–Trinajstić information content (AvgIpc) is 2.52. The zero-order valence-electron chi connectivity index (χ0n) is 11.6. The second-order valence-electron chi connectivity index (χ2n) is 6.95. The van der Waals surface area contributed by atoms with E-state index in [2.05, 4.69) is 45.3 Å². The molecule has 0 aromatic rings. The molecule has 2 atom stereocenters. The first-order chi connectivity index (χ1) is 7.37. The number of hydrogen-bond acceptors (Lipinski definition) is 2. The van der Waals surface area contributed by atoms with Crippen molar-refractivity contribution in [2.75, 3.05) is 19.6 Å². The van der Waals surface area contributed by atoms with E-state index in [4.69, 9.17) is 0 Å². The third-order valence-corrected chi connectivity index (χ3v) is 5.76. The summed E-state index contributed by atoms with van der Waals surface area (Å²) in [6.45, 7) is 15.5. The molecule has 1 saturated heterocycles. The molecule has 2 nitrogen and oxygen atoms in total. The fourth-order valence-corrected chi connectivity index (χ4v) is 3.45. The highest BCUT2D eigenvalue weighted by molar-refractivity contribution is 5.12. The minimum atomic E-state index is 0.527. The van der Waals surface area contributed by atoms with Crippen molar-refractivity contribution in [3.63, 3.8) is 0 Å². The fourth-order valence-electron chi connectivity index (χ4n) is 3.45. The van der Waals surface area contributed by atoms with Crippen molar-refractivity contribution < 1.29 is 0 Å². The molecular formula is C14H28N2. The monoisotopic (exact) mass is 224 g/mol. The van der Waals surface area contributed by atoms with Crippen LogP contribution in [0.15, 0.2) is 0 Å². The van der Waals surface area contributed by atoms with E-state index in [0.29, 0.717) is 16.9 Å². The van der Waals surface area contributed by atoms with Crippen molar-refractivity contribution >= 4 is 0 Å². The molecule has 0 bridgehead atoms. The first kappa shape index (κ1) is 12.4. The van der Waals surface area contributed by atoms with Crippen LogP contribution in [-0.2, 0) is 0 Å². The van der Waals surface area contributed by atoms with E-state index in [1.54, 1.807) is 0 Å². The van der Waals surface area contributed by atoms with E-state index in [1.807, 2.05) is 0 Å². The van der Waals surface area contributed by atoms with Gasteiger partial charge in [0.25, 0.3) is 0 Å². The Morgan fingerprint density at radius 3 is 2.19 bits per heavy atom. The maximum absolute atomic E-state index is 3.69. The highest BCUT2D eigenvalue weighted by Gasteiger charge is 2.63. The average molecular weight is 224 g/mol. The van der Waals surface area contributed by atoms with E-state index >= 15 is 0 Å². The molecule has 2 rings (SSSR count). The Labute approximate surface area is 101 Å². The van der Waals surface area contributed by atoms with Crippen LogP contribution in [0.4, 0.5) is 0 Å². The van der Waals surface area contributed by atoms with E-state index in [-0.39, 0.29) is 0 Å². The lowest BCUT2D eigenvalue weighted by Gasteiger charge is -2.16. The van der Waals surface area contributed by atoms with Gasteiger partial charge in [0.15, 0.2) is 0 Å². The quantitative estimate of drug-likeness (QED) is 0.765. The lowest BCUT2D eigenvalue weighted by molar-refractivity contribution is 0.421. The van der Waals surface area contributed by atoms with Crippen LogP contribution in [-0.4, -0.2) is 25.7 Å². The fraction of sp³-hybridized carbons (Fsp3) is 1.00. The zero-order valence-corrected chi connectivity index (χ0v) is 11.6. The summed E-state index contributed by atoms with van der Waals surface area (Å²) >= 11 is 0. The van der Waals surface area contributed by atoms with Gasteiger partial charge in [0, 0.05) is 6.04 Å². The Kier molecular flexibility index (Phi) is 3.09. The summed E-state index contributed by atoms with van der Waals surface area (Å²) < 4.78 is 0. The van der Waals surface area contributed by atoms with Crippen LogP contribution in [0, 0.1) is 22.7 Å². The van der Waals surface area contributed by atoms with Crippen LogP contribution >= 0.6 is 0 Å². The summed E-state index contributed by atoms with van der Waals surface area (Å²) in [4.78, 5) is 0. The molecule has 2 unspecified atom stereocenters. The second kappa shape index (κ2) is 3.99. The smallest absolute Gasteiger partial charge is 0.00795 e. The Morgan fingerprint density at radius 1 is 1.12 bits per heavy atom. The van der Waals surface area contributed by atoms with Crippen molar-refractivity contribution in [2.45, 2.75) is 47.1 Å². The first-order valence-corrected chi connectivity index (χ1v) is 6.81. The number of hydrogen-bond donors (Lipinski definition) is 2. The molecule has 1 aliphatic heterocycles. The van der Waals surface area contributed by atoms with Gasteiger partial charge < -0.3 is 10.6 Å². The van der Waals surface area contributed by atoms with Crippen LogP contribution in [0.5, 0.6) is 0 Å². The van der Waals surface area contributed by atoms with Crippen LogP contribution in [0.3, 0.4) is 0 Å². The summed E-state index contributed by atoms with van der Waals surface area (Å²) in [6.07, 6.45) is 1.34. The zero-order chi connectivity index (χ0) is 12.0. The molecular weight excluding hydrogens is 196 g/mol. The van der Waals surface area contributed by atoms with Crippen molar-refractivity contribution in [3.8, 4) is 0 Å². The number of nitrogens with one attached hydrogen (secondary N) is 2. The maximum Gasteiger partial charge on any atom is 0.00795 e. The molecule has 0 amide bonds. The molecule has 2 heteroatoms. The standard InChI is InChI=1S/C14H28N2/c1-10-11(6-7-16-10)8-15-9-12-13(2,3)14(12,4)5/h10-12,15-16H,6-9H2,1-5H3. The summed E-state index contributed by atoms with van der Waals surface area (Å²) in [6, 6.07) is 0.702. The lowest BCUT2D eigenvalue weighted by atomic mass is 10.0. The van der Waals surface area contributed by atoms with Gasteiger partial charge in [-0.15, -0.1) is 0 Å². The molecule has 0 aromatic carbocycles. The highest BCUT2D eigenvalue weighted by Crippen LogP contribution is 2.67. The molecule has 2 N–H and O–H groups in total. The summed E-state index contributed by atoms with van der Waals surface area (Å²) in [5.41, 5.74) is 1.05. The second-order valence-corrected chi connectivity index (χ2v) is 6.95. The van der Waals surface area contributed by atoms with Crippen LogP contribution < -0.4 is 10.6 Å². The summed E-state index contributed by atoms with van der Waals surface area (Å²) in [7, 11) is 0. The van der Waals surface area contributed by atoms with Crippen molar-refractivity contribution in [1.82, 2.24) is 10.6 Å². The summed E-state index contributed by atoms with van der Waals surface area (Å²) in [5, 5.41) is 7.21. The van der Waals surface area contributed by atoms with E-state index in [1.165, 1.54) is 26.1 Å². The van der Waals surface area contributed by atoms with Gasteiger partial charge in [-0.2, -0.15) is 0 Å². The third kappa shape index (κ3) is 1.91. The van der Waals surface area contributed by atoms with Gasteiger partial charge in [-0.25, -0.2) is 0 Å². The van der Waals surface area contributed by atoms with Gasteiger partial charge in [0.2, 0.25) is 0 Å². The predicted octanol–water partition coefficient (Wildman–Crippen LogP) is 2.26. The SMILES string of the molecule is CC1NCCC1CNCC1C(C)(C)C1(C)C. The molecule has 16 heavy (non-hydrogen) atoms. The molecule has 2 fully saturated rings.